The van der Waals surface area contributed by atoms with Crippen molar-refractivity contribution < 1.29 is 0 Å². The highest BCUT2D eigenvalue weighted by Gasteiger charge is 2.46. The molecule has 1 heterocycles. The zero-order valence-corrected chi connectivity index (χ0v) is 39.1. The molecule has 0 unspecified atom stereocenters. The predicted molar refractivity (Wildman–Crippen MR) is 293 cm³/mol. The normalized spacial score (nSPS) is 13.8. The molecule has 2 aliphatic rings. The Kier molecular flexibility index (Phi) is 8.88. The number of aromatic nitrogens is 1. The Bertz CT molecular complexity index is 3970. The van der Waals surface area contributed by atoms with E-state index >= 15 is 0 Å². The first-order chi connectivity index (χ1) is 34.5. The van der Waals surface area contributed by atoms with Crippen LogP contribution in [0.25, 0.3) is 71.6 Å². The van der Waals surface area contributed by atoms with Gasteiger partial charge in [-0.1, -0.05) is 208 Å². The number of fused-ring (bicyclic) bond motifs is 11. The molecule has 14 rings (SSSR count). The molecular weight excluding hydrogens is 845 g/mol. The fourth-order valence-electron chi connectivity index (χ4n) is 12.5. The van der Waals surface area contributed by atoms with Gasteiger partial charge in [-0.2, -0.15) is 0 Å². The second-order valence-electron chi connectivity index (χ2n) is 19.6. The predicted octanol–water partition coefficient (Wildman–Crippen LogP) is 17.7. The summed E-state index contributed by atoms with van der Waals surface area (Å²) < 4.78 is 2.47. The van der Waals surface area contributed by atoms with Gasteiger partial charge in [0.1, 0.15) is 0 Å². The van der Waals surface area contributed by atoms with Gasteiger partial charge in [0.25, 0.3) is 0 Å². The Morgan fingerprint density at radius 1 is 0.343 bits per heavy atom. The third kappa shape index (κ3) is 5.80. The lowest BCUT2D eigenvalue weighted by Gasteiger charge is -2.35. The van der Waals surface area contributed by atoms with Crippen LogP contribution in [0.5, 0.6) is 0 Å². The maximum absolute atomic E-state index is 2.48. The fourth-order valence-corrected chi connectivity index (χ4v) is 12.5. The lowest BCUT2D eigenvalue weighted by atomic mass is 9.67. The molecule has 0 aliphatic heterocycles. The minimum absolute atomic E-state index is 0.277. The van der Waals surface area contributed by atoms with Gasteiger partial charge < -0.3 is 9.47 Å². The maximum Gasteiger partial charge on any atom is 0.0714 e. The summed E-state index contributed by atoms with van der Waals surface area (Å²) in [5.74, 6) is 0. The largest absolute Gasteiger partial charge is 0.310 e. The van der Waals surface area contributed by atoms with Crippen molar-refractivity contribution in [2.24, 2.45) is 0 Å². The van der Waals surface area contributed by atoms with E-state index in [9.17, 15) is 0 Å². The lowest BCUT2D eigenvalue weighted by molar-refractivity contribution is 0.660. The molecule has 330 valence electrons. The number of anilines is 3. The molecule has 0 saturated carbocycles. The van der Waals surface area contributed by atoms with Gasteiger partial charge in [-0.15, -0.1) is 0 Å². The summed E-state index contributed by atoms with van der Waals surface area (Å²) in [5.41, 5.74) is 21.5. The third-order valence-electron chi connectivity index (χ3n) is 15.7. The van der Waals surface area contributed by atoms with Crippen molar-refractivity contribution in [3.63, 3.8) is 0 Å². The zero-order chi connectivity index (χ0) is 46.6. The summed E-state index contributed by atoms with van der Waals surface area (Å²) in [4.78, 5) is 2.48. The SMILES string of the molecule is CC1(C)c2cc(N(c3ccc(-c4ccccc4)cc3)c3ccc4c(c3)C(c3ccccc3)(c3ccccc3)c3ccccc3-4)ccc2-c2ccc(-n3c4ccccc4c4c5ccccc5ccc43)cc21. The third-order valence-corrected chi connectivity index (χ3v) is 15.7. The molecule has 0 radical (unpaired) electrons. The van der Waals surface area contributed by atoms with Crippen molar-refractivity contribution >= 4 is 49.6 Å². The van der Waals surface area contributed by atoms with E-state index in [1.165, 1.54) is 105 Å². The van der Waals surface area contributed by atoms with Gasteiger partial charge in [-0.3, -0.25) is 0 Å². The standard InChI is InChI=1S/C68H48N2/c1-67(2)61-42-51(35-38-56(61)57-39-37-53(43-62(57)67)70-64-29-17-15-27-59(64)66-54-25-13-12-20-47(54)32-41-65(66)70)69(50-33-30-46(31-34-50)45-18-6-3-7-19-45)52-36-40-58-55-26-14-16-28-60(55)68(63(58)44-52,48-21-8-4-9-22-48)49-23-10-5-11-24-49/h3-44H,1-2H3. The number of nitrogens with zero attached hydrogens (tertiary/aromatic N) is 2. The van der Waals surface area contributed by atoms with Crippen LogP contribution in [-0.4, -0.2) is 4.57 Å². The van der Waals surface area contributed by atoms with E-state index in [-0.39, 0.29) is 5.41 Å². The van der Waals surface area contributed by atoms with Crippen LogP contribution in [-0.2, 0) is 10.8 Å². The van der Waals surface area contributed by atoms with Crippen molar-refractivity contribution in [2.75, 3.05) is 4.90 Å². The first-order valence-corrected chi connectivity index (χ1v) is 24.5. The van der Waals surface area contributed by atoms with E-state index < -0.39 is 5.41 Å². The monoisotopic (exact) mass is 892 g/mol. The van der Waals surface area contributed by atoms with Crippen molar-refractivity contribution in [2.45, 2.75) is 24.7 Å². The number of para-hydroxylation sites is 1. The summed E-state index contributed by atoms with van der Waals surface area (Å²) >= 11 is 0. The number of hydrogen-bond donors (Lipinski definition) is 0. The van der Waals surface area contributed by atoms with Gasteiger partial charge in [0.15, 0.2) is 0 Å². The van der Waals surface area contributed by atoms with Crippen LogP contribution in [0, 0.1) is 0 Å². The second kappa shape index (κ2) is 15.4. The highest BCUT2D eigenvalue weighted by atomic mass is 15.1. The van der Waals surface area contributed by atoms with Crippen LogP contribution in [0.2, 0.25) is 0 Å². The van der Waals surface area contributed by atoms with Gasteiger partial charge in [-0.05, 0) is 138 Å². The van der Waals surface area contributed by atoms with Gasteiger partial charge in [0.2, 0.25) is 0 Å². The summed E-state index contributed by atoms with van der Waals surface area (Å²) in [6.45, 7) is 4.81. The molecule has 0 amide bonds. The number of benzene rings is 11. The Morgan fingerprint density at radius 2 is 0.857 bits per heavy atom. The van der Waals surface area contributed by atoms with Gasteiger partial charge in [-0.25, -0.2) is 0 Å². The number of rotatable bonds is 7. The molecular formula is C68H48N2. The van der Waals surface area contributed by atoms with Gasteiger partial charge in [0, 0.05) is 38.9 Å². The van der Waals surface area contributed by atoms with Crippen LogP contribution in [0.4, 0.5) is 17.1 Å². The molecule has 1 aromatic heterocycles. The summed E-state index contributed by atoms with van der Waals surface area (Å²) in [6.07, 6.45) is 0. The molecule has 2 nitrogen and oxygen atoms in total. The smallest absolute Gasteiger partial charge is 0.0714 e. The minimum atomic E-state index is -0.518. The van der Waals surface area contributed by atoms with Gasteiger partial charge in [0.05, 0.1) is 16.4 Å². The van der Waals surface area contributed by atoms with Crippen LogP contribution in [0.1, 0.15) is 47.2 Å². The van der Waals surface area contributed by atoms with Crippen LogP contribution in [0.3, 0.4) is 0 Å². The van der Waals surface area contributed by atoms with Crippen molar-refractivity contribution in [3.8, 4) is 39.1 Å². The molecule has 0 saturated heterocycles. The van der Waals surface area contributed by atoms with E-state index in [1.54, 1.807) is 0 Å². The fraction of sp³-hybridized carbons (Fsp3) is 0.0588. The summed E-state index contributed by atoms with van der Waals surface area (Å²) in [5, 5.41) is 5.13. The van der Waals surface area contributed by atoms with Gasteiger partial charge >= 0.3 is 0 Å². The van der Waals surface area contributed by atoms with E-state index in [1.807, 2.05) is 0 Å². The van der Waals surface area contributed by atoms with E-state index in [0.29, 0.717) is 0 Å². The highest BCUT2D eigenvalue weighted by Crippen LogP contribution is 2.58. The molecule has 0 fully saturated rings. The Morgan fingerprint density at radius 3 is 1.57 bits per heavy atom. The molecule has 0 N–H and O–H groups in total. The Hall–Kier alpha value is -8.72. The van der Waals surface area contributed by atoms with Crippen LogP contribution >= 0.6 is 0 Å². The molecule has 0 spiro atoms. The van der Waals surface area contributed by atoms with E-state index in [4.69, 9.17) is 0 Å². The number of hydrogen-bond acceptors (Lipinski definition) is 1. The van der Waals surface area contributed by atoms with E-state index in [0.717, 1.165) is 17.1 Å². The second-order valence-corrected chi connectivity index (χ2v) is 19.6. The Labute approximate surface area is 409 Å². The molecule has 70 heavy (non-hydrogen) atoms. The quantitative estimate of drug-likeness (QED) is 0.155. The first kappa shape index (κ1) is 40.4. The molecule has 12 aromatic rings. The summed E-state index contributed by atoms with van der Waals surface area (Å²) in [7, 11) is 0. The average molecular weight is 893 g/mol. The Balaban J connectivity index is 0.943. The average Bonchev–Trinajstić information content (AvgIpc) is 4.00. The maximum atomic E-state index is 2.48. The minimum Gasteiger partial charge on any atom is -0.310 e. The van der Waals surface area contributed by atoms with Crippen molar-refractivity contribution in [1.82, 2.24) is 4.57 Å². The summed E-state index contributed by atoms with van der Waals surface area (Å²) in [6, 6.07) is 94.8. The van der Waals surface area contributed by atoms with Crippen molar-refractivity contribution in [1.29, 1.82) is 0 Å². The molecule has 11 aromatic carbocycles. The first-order valence-electron chi connectivity index (χ1n) is 24.5. The van der Waals surface area contributed by atoms with Crippen LogP contribution < -0.4 is 4.90 Å². The topological polar surface area (TPSA) is 8.17 Å². The van der Waals surface area contributed by atoms with E-state index in [2.05, 4.69) is 278 Å². The molecule has 2 aliphatic carbocycles. The highest BCUT2D eigenvalue weighted by molar-refractivity contribution is 6.21. The molecule has 0 atom stereocenters. The molecule has 0 bridgehead atoms. The van der Waals surface area contributed by atoms with Crippen molar-refractivity contribution in [3.05, 3.63) is 288 Å². The molecule has 2 heteroatoms. The van der Waals surface area contributed by atoms with Crippen LogP contribution in [0.15, 0.2) is 255 Å². The lowest BCUT2D eigenvalue weighted by Crippen LogP contribution is -2.28. The zero-order valence-electron chi connectivity index (χ0n) is 39.1.